The predicted molar refractivity (Wildman–Crippen MR) is 65.2 cm³/mol. The second-order valence-corrected chi connectivity index (χ2v) is 7.41. The lowest BCUT2D eigenvalue weighted by molar-refractivity contribution is -0.144. The van der Waals surface area contributed by atoms with E-state index < -0.39 is 0 Å². The lowest BCUT2D eigenvalue weighted by Gasteiger charge is -2.31. The fraction of sp³-hybridized carbons (Fsp3) is 0.889. The summed E-state index contributed by atoms with van der Waals surface area (Å²) < 4.78 is 6.49. The van der Waals surface area contributed by atoms with E-state index in [4.69, 9.17) is 16.5 Å². The molecule has 0 unspecified atom stereocenters. The molecule has 0 N–H and O–H groups in total. The van der Waals surface area contributed by atoms with Crippen molar-refractivity contribution in [2.45, 2.75) is 23.0 Å². The highest BCUT2D eigenvalue weighted by atomic mass is 35.5. The standard InChI is InChI=1S/C9H14ClNO2S2/c1-13-8(12)7-5-9(6-11(7)10)14-3-2-4-15-9/h7H,2-6H2,1H3/t7-/m0/s1. The molecule has 0 aliphatic carbocycles. The van der Waals surface area contributed by atoms with Crippen LogP contribution in [0, 0.1) is 0 Å². The molecule has 2 aliphatic rings. The summed E-state index contributed by atoms with van der Waals surface area (Å²) in [5, 5.41) is 0. The summed E-state index contributed by atoms with van der Waals surface area (Å²) in [5.74, 6) is 2.13. The lowest BCUT2D eigenvalue weighted by Crippen LogP contribution is -2.30. The third-order valence-corrected chi connectivity index (χ3v) is 6.42. The normalized spacial score (nSPS) is 30.7. The Bertz CT molecular complexity index is 258. The fourth-order valence-corrected chi connectivity index (χ4v) is 5.80. The molecule has 2 fully saturated rings. The van der Waals surface area contributed by atoms with Gasteiger partial charge in [-0.15, -0.1) is 23.5 Å². The van der Waals surface area contributed by atoms with Crippen LogP contribution < -0.4 is 0 Å². The Labute approximate surface area is 103 Å². The van der Waals surface area contributed by atoms with E-state index in [9.17, 15) is 4.79 Å². The van der Waals surface area contributed by atoms with E-state index in [0.29, 0.717) is 0 Å². The van der Waals surface area contributed by atoms with Gasteiger partial charge in [-0.05, 0) is 36.1 Å². The minimum absolute atomic E-state index is 0.124. The highest BCUT2D eigenvalue weighted by Crippen LogP contribution is 2.50. The summed E-state index contributed by atoms with van der Waals surface area (Å²) in [4.78, 5) is 11.5. The molecular formula is C9H14ClNO2S2. The van der Waals surface area contributed by atoms with Crippen LogP contribution in [0.5, 0.6) is 0 Å². The van der Waals surface area contributed by atoms with Crippen molar-refractivity contribution in [1.82, 2.24) is 4.42 Å². The van der Waals surface area contributed by atoms with Gasteiger partial charge in [0.15, 0.2) is 0 Å². The molecule has 6 heteroatoms. The first kappa shape index (κ1) is 11.9. The Kier molecular flexibility index (Phi) is 3.75. The average Bonchev–Trinajstić information content (AvgIpc) is 2.55. The van der Waals surface area contributed by atoms with Gasteiger partial charge in [0.05, 0.1) is 11.2 Å². The number of methoxy groups -OCH3 is 1. The van der Waals surface area contributed by atoms with Crippen LogP contribution >= 0.6 is 35.3 Å². The van der Waals surface area contributed by atoms with Gasteiger partial charge in [-0.3, -0.25) is 4.79 Å². The fourth-order valence-electron chi connectivity index (χ4n) is 1.96. The first-order chi connectivity index (χ1) is 7.17. The number of carbonyl (C=O) groups excluding carboxylic acids is 1. The van der Waals surface area contributed by atoms with E-state index in [2.05, 4.69) is 0 Å². The first-order valence-electron chi connectivity index (χ1n) is 4.95. The van der Waals surface area contributed by atoms with Gasteiger partial charge < -0.3 is 4.74 Å². The van der Waals surface area contributed by atoms with Gasteiger partial charge in [0, 0.05) is 6.54 Å². The number of thioether (sulfide) groups is 2. The van der Waals surface area contributed by atoms with Gasteiger partial charge >= 0.3 is 5.97 Å². The number of halogens is 1. The van der Waals surface area contributed by atoms with Crippen LogP contribution in [0.3, 0.4) is 0 Å². The summed E-state index contributed by atoms with van der Waals surface area (Å²) >= 11 is 9.96. The van der Waals surface area contributed by atoms with Crippen LogP contribution in [0.25, 0.3) is 0 Å². The molecule has 0 saturated carbocycles. The molecule has 0 aromatic rings. The second kappa shape index (κ2) is 4.73. The summed E-state index contributed by atoms with van der Waals surface area (Å²) in [6.45, 7) is 0.768. The van der Waals surface area contributed by atoms with Gasteiger partial charge in [-0.2, -0.15) is 0 Å². The number of esters is 1. The summed E-state index contributed by atoms with van der Waals surface area (Å²) in [6, 6.07) is -0.269. The van der Waals surface area contributed by atoms with E-state index >= 15 is 0 Å². The first-order valence-corrected chi connectivity index (χ1v) is 7.26. The zero-order valence-corrected chi connectivity index (χ0v) is 11.0. The SMILES string of the molecule is COC(=O)[C@@H]1CC2(CN1Cl)SCCCS2. The van der Waals surface area contributed by atoms with Crippen LogP contribution in [0.4, 0.5) is 0 Å². The summed E-state index contributed by atoms with van der Waals surface area (Å²) in [6.07, 6.45) is 2.06. The Balaban J connectivity index is 2.04. The largest absolute Gasteiger partial charge is 0.468 e. The molecule has 15 heavy (non-hydrogen) atoms. The van der Waals surface area contributed by atoms with Crippen molar-refractivity contribution >= 4 is 41.3 Å². The third-order valence-electron chi connectivity index (χ3n) is 2.73. The third kappa shape index (κ3) is 2.40. The summed E-state index contributed by atoms with van der Waals surface area (Å²) in [5.41, 5.74) is 0. The monoisotopic (exact) mass is 267 g/mol. The maximum Gasteiger partial charge on any atom is 0.324 e. The number of nitrogens with zero attached hydrogens (tertiary/aromatic N) is 1. The molecule has 2 heterocycles. The minimum Gasteiger partial charge on any atom is -0.468 e. The van der Waals surface area contributed by atoms with Crippen LogP contribution in [0.15, 0.2) is 0 Å². The van der Waals surface area contributed by atoms with E-state index in [-0.39, 0.29) is 16.1 Å². The van der Waals surface area contributed by atoms with E-state index in [1.54, 1.807) is 4.42 Å². The molecule has 1 atom stereocenters. The molecule has 86 valence electrons. The molecule has 0 bridgehead atoms. The van der Waals surface area contributed by atoms with Crippen molar-refractivity contribution in [3.05, 3.63) is 0 Å². The molecule has 0 aromatic heterocycles. The van der Waals surface area contributed by atoms with E-state index in [1.165, 1.54) is 25.0 Å². The van der Waals surface area contributed by atoms with Gasteiger partial charge in [0.2, 0.25) is 0 Å². The topological polar surface area (TPSA) is 29.5 Å². The van der Waals surface area contributed by atoms with E-state index in [1.807, 2.05) is 23.5 Å². The van der Waals surface area contributed by atoms with Crippen LogP contribution in [0.2, 0.25) is 0 Å². The molecule has 2 rings (SSSR count). The van der Waals surface area contributed by atoms with Crippen molar-refractivity contribution in [1.29, 1.82) is 0 Å². The summed E-state index contributed by atoms with van der Waals surface area (Å²) in [7, 11) is 1.42. The minimum atomic E-state index is -0.269. The molecule has 0 radical (unpaired) electrons. The van der Waals surface area contributed by atoms with Crippen LogP contribution in [0.1, 0.15) is 12.8 Å². The number of ether oxygens (including phenoxy) is 1. The van der Waals surface area contributed by atoms with Crippen LogP contribution in [-0.2, 0) is 9.53 Å². The van der Waals surface area contributed by atoms with Crippen molar-refractivity contribution in [2.24, 2.45) is 0 Å². The quantitative estimate of drug-likeness (QED) is 0.535. The van der Waals surface area contributed by atoms with Crippen molar-refractivity contribution in [2.75, 3.05) is 25.2 Å². The maximum atomic E-state index is 11.5. The van der Waals surface area contributed by atoms with Crippen molar-refractivity contribution < 1.29 is 9.53 Å². The smallest absolute Gasteiger partial charge is 0.324 e. The molecular weight excluding hydrogens is 254 g/mol. The van der Waals surface area contributed by atoms with Gasteiger partial charge in [0.25, 0.3) is 0 Å². The number of hydrogen-bond acceptors (Lipinski definition) is 5. The van der Waals surface area contributed by atoms with Gasteiger partial charge in [0.1, 0.15) is 6.04 Å². The zero-order valence-electron chi connectivity index (χ0n) is 8.57. The van der Waals surface area contributed by atoms with Crippen molar-refractivity contribution in [3.63, 3.8) is 0 Å². The maximum absolute atomic E-state index is 11.5. The molecule has 0 aromatic carbocycles. The Morgan fingerprint density at radius 2 is 2.20 bits per heavy atom. The second-order valence-electron chi connectivity index (χ2n) is 3.76. The molecule has 0 amide bonds. The average molecular weight is 268 g/mol. The number of carbonyl (C=O) groups is 1. The van der Waals surface area contributed by atoms with Crippen LogP contribution in [-0.4, -0.2) is 45.7 Å². The molecule has 1 spiro atoms. The Morgan fingerprint density at radius 1 is 1.53 bits per heavy atom. The van der Waals surface area contributed by atoms with E-state index in [0.717, 1.165) is 13.0 Å². The molecule has 2 aliphatic heterocycles. The van der Waals surface area contributed by atoms with Crippen molar-refractivity contribution in [3.8, 4) is 0 Å². The van der Waals surface area contributed by atoms with Gasteiger partial charge in [-0.25, -0.2) is 4.42 Å². The predicted octanol–water partition coefficient (Wildman–Crippen LogP) is 1.95. The zero-order chi connectivity index (χ0) is 10.9. The highest BCUT2D eigenvalue weighted by molar-refractivity contribution is 8.18. The molecule has 3 nitrogen and oxygen atoms in total. The number of rotatable bonds is 1. The molecule has 2 saturated heterocycles. The Morgan fingerprint density at radius 3 is 2.80 bits per heavy atom. The Hall–Kier alpha value is 0.420. The number of hydrogen-bond donors (Lipinski definition) is 0. The lowest BCUT2D eigenvalue weighted by atomic mass is 10.2. The van der Waals surface area contributed by atoms with Gasteiger partial charge in [-0.1, -0.05) is 0 Å². The highest BCUT2D eigenvalue weighted by Gasteiger charge is 2.48.